The van der Waals surface area contributed by atoms with Crippen LogP contribution in [0.2, 0.25) is 0 Å². The van der Waals surface area contributed by atoms with Gasteiger partial charge in [0.2, 0.25) is 11.0 Å². The number of thioether (sulfide) groups is 1. The smallest absolute Gasteiger partial charge is 0.295 e. The highest BCUT2D eigenvalue weighted by Crippen LogP contribution is 2.33. The molecule has 0 aliphatic carbocycles. The largest absolute Gasteiger partial charge is 0.495 e. The molecule has 0 aliphatic heterocycles. The number of amides is 1. The van der Waals surface area contributed by atoms with Gasteiger partial charge in [-0.25, -0.2) is 4.68 Å². The zero-order chi connectivity index (χ0) is 24.2. The molecule has 2 heterocycles. The summed E-state index contributed by atoms with van der Waals surface area (Å²) >= 11 is 2.61. The Balaban J connectivity index is 1.45. The van der Waals surface area contributed by atoms with Crippen LogP contribution in [0.1, 0.15) is 12.6 Å². The Morgan fingerprint density at radius 3 is 2.56 bits per heavy atom. The van der Waals surface area contributed by atoms with Gasteiger partial charge in [-0.1, -0.05) is 53.4 Å². The summed E-state index contributed by atoms with van der Waals surface area (Å²) in [6.07, 6.45) is 0. The lowest BCUT2D eigenvalue weighted by atomic mass is 10.3. The fourth-order valence-corrected chi connectivity index (χ4v) is 5.22. The Labute approximate surface area is 204 Å². The Morgan fingerprint density at radius 2 is 1.82 bits per heavy atom. The average Bonchev–Trinajstić information content (AvgIpc) is 3.37. The number of anilines is 3. The van der Waals surface area contributed by atoms with Crippen LogP contribution in [0.3, 0.4) is 0 Å². The molecule has 1 amide bonds. The first-order valence-electron chi connectivity index (χ1n) is 10.4. The number of para-hydroxylation sites is 3. The zero-order valence-electron chi connectivity index (χ0n) is 19.1. The SMILES string of the molecule is COc1ccccc1Nc1nnc(S[C@H](C)C(=O)Nc2c(C)n(C)n(-c3ccccc3)c2=O)s1. The van der Waals surface area contributed by atoms with Crippen LogP contribution in [0.4, 0.5) is 16.5 Å². The summed E-state index contributed by atoms with van der Waals surface area (Å²) in [5, 5.41) is 14.4. The summed E-state index contributed by atoms with van der Waals surface area (Å²) in [7, 11) is 3.39. The molecule has 2 aromatic carbocycles. The van der Waals surface area contributed by atoms with Gasteiger partial charge in [0.25, 0.3) is 5.56 Å². The predicted octanol–water partition coefficient (Wildman–Crippen LogP) is 4.21. The number of hydrogen-bond acceptors (Lipinski definition) is 8. The normalized spacial score (nSPS) is 11.8. The number of aromatic nitrogens is 4. The van der Waals surface area contributed by atoms with Crippen LogP contribution >= 0.6 is 23.1 Å². The van der Waals surface area contributed by atoms with Gasteiger partial charge < -0.3 is 15.4 Å². The number of rotatable bonds is 8. The fraction of sp³-hybridized carbons (Fsp3) is 0.217. The number of benzene rings is 2. The Bertz CT molecular complexity index is 1360. The van der Waals surface area contributed by atoms with Gasteiger partial charge in [0.1, 0.15) is 11.4 Å². The molecule has 0 bridgehead atoms. The van der Waals surface area contributed by atoms with Gasteiger partial charge in [-0.15, -0.1) is 10.2 Å². The van der Waals surface area contributed by atoms with Crippen molar-refractivity contribution in [1.82, 2.24) is 19.6 Å². The highest BCUT2D eigenvalue weighted by molar-refractivity contribution is 8.02. The molecule has 4 rings (SSSR count). The van der Waals surface area contributed by atoms with Crippen LogP contribution in [-0.4, -0.2) is 37.8 Å². The lowest BCUT2D eigenvalue weighted by Crippen LogP contribution is -2.27. The Morgan fingerprint density at radius 1 is 1.12 bits per heavy atom. The second-order valence-electron chi connectivity index (χ2n) is 7.38. The maximum absolute atomic E-state index is 13.0. The molecule has 0 unspecified atom stereocenters. The van der Waals surface area contributed by atoms with Crippen LogP contribution in [0, 0.1) is 6.92 Å². The maximum Gasteiger partial charge on any atom is 0.295 e. The van der Waals surface area contributed by atoms with Crippen LogP contribution in [0.15, 0.2) is 63.7 Å². The molecule has 176 valence electrons. The second-order valence-corrected chi connectivity index (χ2v) is 9.95. The molecule has 0 radical (unpaired) electrons. The van der Waals surface area contributed by atoms with E-state index in [-0.39, 0.29) is 17.2 Å². The molecule has 4 aromatic rings. The van der Waals surface area contributed by atoms with E-state index >= 15 is 0 Å². The first-order valence-corrected chi connectivity index (χ1v) is 12.1. The lowest BCUT2D eigenvalue weighted by Gasteiger charge is -2.09. The van der Waals surface area contributed by atoms with Gasteiger partial charge in [0.15, 0.2) is 4.34 Å². The molecule has 0 aliphatic rings. The van der Waals surface area contributed by atoms with Gasteiger partial charge in [-0.05, 0) is 38.1 Å². The van der Waals surface area contributed by atoms with Crippen molar-refractivity contribution in [2.75, 3.05) is 17.7 Å². The molecule has 2 N–H and O–H groups in total. The van der Waals surface area contributed by atoms with Crippen LogP contribution in [0.25, 0.3) is 5.69 Å². The van der Waals surface area contributed by atoms with Gasteiger partial charge in [-0.3, -0.25) is 14.3 Å². The number of methoxy groups -OCH3 is 1. The molecule has 9 nitrogen and oxygen atoms in total. The molecular formula is C23H24N6O3S2. The fourth-order valence-electron chi connectivity index (χ4n) is 3.31. The minimum absolute atomic E-state index is 0.264. The number of nitrogens with one attached hydrogen (secondary N) is 2. The van der Waals surface area contributed by atoms with Crippen molar-refractivity contribution < 1.29 is 9.53 Å². The molecule has 0 saturated heterocycles. The molecule has 0 spiro atoms. The first-order chi connectivity index (χ1) is 16.4. The molecule has 11 heteroatoms. The van der Waals surface area contributed by atoms with Gasteiger partial charge in [0, 0.05) is 7.05 Å². The number of nitrogens with zero attached hydrogens (tertiary/aromatic N) is 4. The van der Waals surface area contributed by atoms with E-state index in [1.807, 2.05) is 54.6 Å². The molecule has 0 fully saturated rings. The molecule has 0 saturated carbocycles. The van der Waals surface area contributed by atoms with Crippen molar-refractivity contribution in [2.45, 2.75) is 23.4 Å². The van der Waals surface area contributed by atoms with Crippen molar-refractivity contribution >= 4 is 45.5 Å². The number of carbonyl (C=O) groups is 1. The third kappa shape index (κ3) is 4.85. The van der Waals surface area contributed by atoms with Crippen LogP contribution < -0.4 is 20.9 Å². The average molecular weight is 497 g/mol. The summed E-state index contributed by atoms with van der Waals surface area (Å²) < 4.78 is 9.23. The van der Waals surface area contributed by atoms with Crippen molar-refractivity contribution in [2.24, 2.45) is 7.05 Å². The minimum atomic E-state index is -0.490. The summed E-state index contributed by atoms with van der Waals surface area (Å²) in [5.41, 5.74) is 2.15. The maximum atomic E-state index is 13.0. The summed E-state index contributed by atoms with van der Waals surface area (Å²) in [4.78, 5) is 25.9. The minimum Gasteiger partial charge on any atom is -0.495 e. The highest BCUT2D eigenvalue weighted by atomic mass is 32.2. The van der Waals surface area contributed by atoms with Gasteiger partial charge >= 0.3 is 0 Å². The topological polar surface area (TPSA) is 103 Å². The zero-order valence-corrected chi connectivity index (χ0v) is 20.7. The molecule has 2 aromatic heterocycles. The lowest BCUT2D eigenvalue weighted by molar-refractivity contribution is -0.115. The van der Waals surface area contributed by atoms with Gasteiger partial charge in [0.05, 0.1) is 29.4 Å². The summed E-state index contributed by atoms with van der Waals surface area (Å²) in [6.45, 7) is 3.57. The summed E-state index contributed by atoms with van der Waals surface area (Å²) in [5.74, 6) is 0.407. The van der Waals surface area contributed by atoms with Crippen molar-refractivity contribution in [1.29, 1.82) is 0 Å². The van der Waals surface area contributed by atoms with Crippen molar-refractivity contribution in [3.63, 3.8) is 0 Å². The van der Waals surface area contributed by atoms with E-state index in [9.17, 15) is 9.59 Å². The van der Waals surface area contributed by atoms with E-state index in [0.29, 0.717) is 20.9 Å². The third-order valence-corrected chi connectivity index (χ3v) is 7.23. The van der Waals surface area contributed by atoms with Crippen LogP contribution in [-0.2, 0) is 11.8 Å². The van der Waals surface area contributed by atoms with Crippen molar-refractivity contribution in [3.05, 3.63) is 70.6 Å². The number of carbonyl (C=O) groups excluding carboxylic acids is 1. The quantitative estimate of drug-likeness (QED) is 0.352. The highest BCUT2D eigenvalue weighted by Gasteiger charge is 2.22. The number of hydrogen-bond donors (Lipinski definition) is 2. The van der Waals surface area contributed by atoms with Crippen molar-refractivity contribution in [3.8, 4) is 11.4 Å². The van der Waals surface area contributed by atoms with E-state index in [4.69, 9.17) is 4.74 Å². The van der Waals surface area contributed by atoms with E-state index in [1.165, 1.54) is 27.8 Å². The second kappa shape index (κ2) is 10.1. The van der Waals surface area contributed by atoms with E-state index in [2.05, 4.69) is 20.8 Å². The third-order valence-electron chi connectivity index (χ3n) is 5.20. The predicted molar refractivity (Wildman–Crippen MR) is 136 cm³/mol. The van der Waals surface area contributed by atoms with E-state index in [0.717, 1.165) is 11.4 Å². The molecule has 34 heavy (non-hydrogen) atoms. The van der Waals surface area contributed by atoms with E-state index in [1.54, 1.807) is 32.7 Å². The monoisotopic (exact) mass is 496 g/mol. The molecular weight excluding hydrogens is 472 g/mol. The first kappa shape index (κ1) is 23.6. The Kier molecular flexibility index (Phi) is 7.03. The van der Waals surface area contributed by atoms with Crippen LogP contribution in [0.5, 0.6) is 5.75 Å². The standard InChI is InChI=1S/C23H24N6O3S2/c1-14-19(21(31)29(28(14)3)16-10-6-5-7-11-16)25-20(30)15(2)33-23-27-26-22(34-23)24-17-12-8-9-13-18(17)32-4/h5-13,15H,1-4H3,(H,24,26)(H,25,30)/t15-/m1/s1. The Hall–Kier alpha value is -3.57. The van der Waals surface area contributed by atoms with Gasteiger partial charge in [-0.2, -0.15) is 0 Å². The number of ether oxygens (including phenoxy) is 1. The van der Waals surface area contributed by atoms with E-state index < -0.39 is 5.25 Å². The molecule has 1 atom stereocenters. The summed E-state index contributed by atoms with van der Waals surface area (Å²) in [6, 6.07) is 16.8.